The largest absolute Gasteiger partial charge is 0.370 e. The average molecular weight is 195 g/mol. The van der Waals surface area contributed by atoms with Crippen molar-refractivity contribution in [2.24, 2.45) is 0 Å². The molecule has 0 aromatic heterocycles. The molecule has 0 aliphatic rings. The number of rotatable bonds is 4. The van der Waals surface area contributed by atoms with Crippen molar-refractivity contribution >= 4 is 23.2 Å². The molecule has 0 aliphatic heterocycles. The maximum atomic E-state index is 5.67. The van der Waals surface area contributed by atoms with Crippen molar-refractivity contribution in [3.05, 3.63) is 22.2 Å². The van der Waals surface area contributed by atoms with Gasteiger partial charge in [-0.15, -0.1) is 0 Å². The van der Waals surface area contributed by atoms with Gasteiger partial charge in [-0.3, -0.25) is 0 Å². The SMILES string of the molecule is CC=C(Cl)COCC(Cl)=CC. The van der Waals surface area contributed by atoms with Gasteiger partial charge in [0.1, 0.15) is 0 Å². The first-order chi connectivity index (χ1) is 5.20. The number of hydrogen-bond donors (Lipinski definition) is 0. The van der Waals surface area contributed by atoms with Gasteiger partial charge in [-0.1, -0.05) is 35.4 Å². The lowest BCUT2D eigenvalue weighted by Gasteiger charge is -2.00. The lowest BCUT2D eigenvalue weighted by molar-refractivity contribution is 0.188. The van der Waals surface area contributed by atoms with E-state index in [1.165, 1.54) is 0 Å². The van der Waals surface area contributed by atoms with E-state index in [-0.39, 0.29) is 0 Å². The minimum absolute atomic E-state index is 0.433. The summed E-state index contributed by atoms with van der Waals surface area (Å²) < 4.78 is 5.14. The minimum Gasteiger partial charge on any atom is -0.370 e. The summed E-state index contributed by atoms with van der Waals surface area (Å²) in [7, 11) is 0. The van der Waals surface area contributed by atoms with Gasteiger partial charge in [-0.05, 0) is 13.8 Å². The molecule has 0 unspecified atom stereocenters. The van der Waals surface area contributed by atoms with Crippen molar-refractivity contribution in [3.63, 3.8) is 0 Å². The Kier molecular flexibility index (Phi) is 6.73. The summed E-state index contributed by atoms with van der Waals surface area (Å²) in [6, 6.07) is 0. The third-order valence-electron chi connectivity index (χ3n) is 1.11. The zero-order valence-electron chi connectivity index (χ0n) is 6.73. The van der Waals surface area contributed by atoms with Gasteiger partial charge >= 0.3 is 0 Å². The van der Waals surface area contributed by atoms with Crippen molar-refractivity contribution in [1.29, 1.82) is 0 Å². The Morgan fingerprint density at radius 1 is 1.09 bits per heavy atom. The summed E-state index contributed by atoms with van der Waals surface area (Å²) in [4.78, 5) is 0. The molecule has 0 heterocycles. The molecule has 3 heteroatoms. The van der Waals surface area contributed by atoms with E-state index >= 15 is 0 Å². The second-order valence-corrected chi connectivity index (χ2v) is 2.93. The highest BCUT2D eigenvalue weighted by Gasteiger charge is 1.92. The molecule has 0 aliphatic carbocycles. The standard InChI is InChI=1S/C8H12Cl2O/c1-3-7(9)5-11-6-8(10)4-2/h3-4H,5-6H2,1-2H3. The molecule has 0 rings (SSSR count). The third kappa shape index (κ3) is 6.42. The highest BCUT2D eigenvalue weighted by molar-refractivity contribution is 6.30. The Hall–Kier alpha value is 0.0200. The summed E-state index contributed by atoms with van der Waals surface area (Å²) in [5.41, 5.74) is 0. The number of hydrogen-bond acceptors (Lipinski definition) is 1. The van der Waals surface area contributed by atoms with E-state index in [0.29, 0.717) is 23.3 Å². The van der Waals surface area contributed by atoms with Crippen LogP contribution < -0.4 is 0 Å². The van der Waals surface area contributed by atoms with Gasteiger partial charge in [-0.25, -0.2) is 0 Å². The smallest absolute Gasteiger partial charge is 0.0824 e. The van der Waals surface area contributed by atoms with E-state index in [0.717, 1.165) is 0 Å². The fourth-order valence-corrected chi connectivity index (χ4v) is 0.567. The molecule has 0 fully saturated rings. The fourth-order valence-electron chi connectivity index (χ4n) is 0.413. The van der Waals surface area contributed by atoms with Crippen LogP contribution in [0, 0.1) is 0 Å². The van der Waals surface area contributed by atoms with E-state index in [1.54, 1.807) is 12.2 Å². The van der Waals surface area contributed by atoms with E-state index in [2.05, 4.69) is 0 Å². The van der Waals surface area contributed by atoms with Crippen molar-refractivity contribution in [1.82, 2.24) is 0 Å². The number of allylic oxidation sites excluding steroid dienone is 2. The quantitative estimate of drug-likeness (QED) is 0.668. The molecule has 64 valence electrons. The first-order valence-corrected chi connectivity index (χ1v) is 4.15. The predicted molar refractivity (Wildman–Crippen MR) is 50.0 cm³/mol. The summed E-state index contributed by atoms with van der Waals surface area (Å²) in [5.74, 6) is 0. The highest BCUT2D eigenvalue weighted by Crippen LogP contribution is 2.05. The average Bonchev–Trinajstić information content (AvgIpc) is 2.04. The fraction of sp³-hybridized carbons (Fsp3) is 0.500. The Bertz CT molecular complexity index is 143. The molecule has 0 spiro atoms. The van der Waals surface area contributed by atoms with Crippen LogP contribution >= 0.6 is 23.2 Å². The van der Waals surface area contributed by atoms with Crippen molar-refractivity contribution in [2.45, 2.75) is 13.8 Å². The first kappa shape index (κ1) is 11.0. The molecule has 0 amide bonds. The molecule has 0 saturated heterocycles. The monoisotopic (exact) mass is 194 g/mol. The minimum atomic E-state index is 0.433. The molecule has 0 aromatic rings. The van der Waals surface area contributed by atoms with Crippen LogP contribution in [0.15, 0.2) is 22.2 Å². The Morgan fingerprint density at radius 3 is 1.73 bits per heavy atom. The normalized spacial score (nSPS) is 13.8. The van der Waals surface area contributed by atoms with Gasteiger partial charge in [0.2, 0.25) is 0 Å². The molecular formula is C8H12Cl2O. The molecule has 0 radical (unpaired) electrons. The number of halogens is 2. The molecule has 0 N–H and O–H groups in total. The second-order valence-electron chi connectivity index (χ2n) is 1.96. The molecule has 1 nitrogen and oxygen atoms in total. The zero-order valence-corrected chi connectivity index (χ0v) is 8.24. The van der Waals surface area contributed by atoms with Gasteiger partial charge in [0.25, 0.3) is 0 Å². The first-order valence-electron chi connectivity index (χ1n) is 3.39. The Morgan fingerprint density at radius 2 is 1.45 bits per heavy atom. The maximum Gasteiger partial charge on any atom is 0.0824 e. The maximum absolute atomic E-state index is 5.67. The molecule has 0 atom stereocenters. The number of ether oxygens (including phenoxy) is 1. The summed E-state index contributed by atoms with van der Waals surface area (Å²) >= 11 is 11.3. The lowest BCUT2D eigenvalue weighted by atomic mass is 10.5. The van der Waals surface area contributed by atoms with Crippen LogP contribution in [0.3, 0.4) is 0 Å². The Labute approximate surface area is 77.6 Å². The van der Waals surface area contributed by atoms with E-state index < -0.39 is 0 Å². The second kappa shape index (κ2) is 6.71. The predicted octanol–water partition coefficient (Wildman–Crippen LogP) is 3.29. The van der Waals surface area contributed by atoms with Gasteiger partial charge in [-0.2, -0.15) is 0 Å². The summed E-state index contributed by atoms with van der Waals surface area (Å²) in [6.45, 7) is 4.59. The van der Waals surface area contributed by atoms with Gasteiger partial charge in [0.15, 0.2) is 0 Å². The van der Waals surface area contributed by atoms with Crippen molar-refractivity contribution in [2.75, 3.05) is 13.2 Å². The summed E-state index contributed by atoms with van der Waals surface area (Å²) in [5, 5.41) is 1.40. The van der Waals surface area contributed by atoms with E-state index in [1.807, 2.05) is 13.8 Å². The molecule has 11 heavy (non-hydrogen) atoms. The molecular weight excluding hydrogens is 183 g/mol. The topological polar surface area (TPSA) is 9.23 Å². The van der Waals surface area contributed by atoms with Crippen LogP contribution in [0.5, 0.6) is 0 Å². The van der Waals surface area contributed by atoms with Crippen LogP contribution in [0.1, 0.15) is 13.8 Å². The Balaban J connectivity index is 3.43. The highest BCUT2D eigenvalue weighted by atomic mass is 35.5. The van der Waals surface area contributed by atoms with Crippen molar-refractivity contribution in [3.8, 4) is 0 Å². The van der Waals surface area contributed by atoms with Gasteiger partial charge in [0, 0.05) is 10.1 Å². The van der Waals surface area contributed by atoms with Crippen LogP contribution in [-0.2, 0) is 4.74 Å². The van der Waals surface area contributed by atoms with Crippen LogP contribution in [0.2, 0.25) is 0 Å². The van der Waals surface area contributed by atoms with E-state index in [9.17, 15) is 0 Å². The summed E-state index contributed by atoms with van der Waals surface area (Å²) in [6.07, 6.45) is 3.59. The van der Waals surface area contributed by atoms with Gasteiger partial charge in [0.05, 0.1) is 13.2 Å². The third-order valence-corrected chi connectivity index (χ3v) is 1.76. The van der Waals surface area contributed by atoms with Crippen LogP contribution in [0.4, 0.5) is 0 Å². The van der Waals surface area contributed by atoms with Gasteiger partial charge < -0.3 is 4.74 Å². The zero-order chi connectivity index (χ0) is 8.69. The van der Waals surface area contributed by atoms with E-state index in [4.69, 9.17) is 27.9 Å². The lowest BCUT2D eigenvalue weighted by Crippen LogP contribution is -1.96. The molecule has 0 aromatic carbocycles. The molecule has 0 saturated carbocycles. The van der Waals surface area contributed by atoms with Crippen LogP contribution in [0.25, 0.3) is 0 Å². The molecule has 0 bridgehead atoms. The van der Waals surface area contributed by atoms with Crippen molar-refractivity contribution < 1.29 is 4.74 Å². The van der Waals surface area contributed by atoms with Crippen LogP contribution in [-0.4, -0.2) is 13.2 Å².